The fourth-order valence-electron chi connectivity index (χ4n) is 4.47. The summed E-state index contributed by atoms with van der Waals surface area (Å²) in [6.45, 7) is 6.88. The van der Waals surface area contributed by atoms with Crippen LogP contribution in [0.5, 0.6) is 0 Å². The maximum absolute atomic E-state index is 13.1. The number of aliphatic carboxylic acids is 1. The first kappa shape index (κ1) is 22.7. The molecule has 0 aliphatic carbocycles. The lowest BCUT2D eigenvalue weighted by Crippen LogP contribution is -2.68. The molecule has 0 saturated carbocycles. The minimum Gasteiger partial charge on any atom is -0.477 e. The SMILES string of the molecule is CC(C)(C)OC(=O)N1CC[C@@H](N2CC/C(=C\C3=C(C(=O)O)N4C(=O)[C@@H](N)[C@H]4SC3)C2=O)C1. The van der Waals surface area contributed by atoms with Gasteiger partial charge < -0.3 is 25.4 Å². The maximum Gasteiger partial charge on any atom is 0.410 e. The fourth-order valence-corrected chi connectivity index (χ4v) is 5.72. The van der Waals surface area contributed by atoms with Crippen molar-refractivity contribution in [3.63, 3.8) is 0 Å². The van der Waals surface area contributed by atoms with Crippen molar-refractivity contribution in [2.45, 2.75) is 56.7 Å². The van der Waals surface area contributed by atoms with Crippen molar-refractivity contribution in [2.24, 2.45) is 5.73 Å². The first-order valence-electron chi connectivity index (χ1n) is 10.6. The number of amides is 3. The average Bonchev–Trinajstić information content (AvgIpc) is 3.33. The van der Waals surface area contributed by atoms with Gasteiger partial charge >= 0.3 is 12.1 Å². The van der Waals surface area contributed by atoms with Crippen LogP contribution in [-0.4, -0.2) is 92.1 Å². The highest BCUT2D eigenvalue weighted by Crippen LogP contribution is 2.40. The number of carbonyl (C=O) groups is 4. The Morgan fingerprint density at radius 3 is 2.62 bits per heavy atom. The molecule has 10 nitrogen and oxygen atoms in total. The molecule has 0 aromatic heterocycles. The number of likely N-dealkylation sites (tertiary alicyclic amines) is 2. The third-order valence-electron chi connectivity index (χ3n) is 6.00. The number of hydrogen-bond donors (Lipinski definition) is 2. The van der Waals surface area contributed by atoms with Crippen LogP contribution in [-0.2, 0) is 19.1 Å². The minimum absolute atomic E-state index is 0.0869. The van der Waals surface area contributed by atoms with Crippen LogP contribution in [0.1, 0.15) is 33.6 Å². The monoisotopic (exact) mass is 464 g/mol. The fraction of sp³-hybridized carbons (Fsp3) is 0.619. The number of carboxylic acids is 1. The van der Waals surface area contributed by atoms with Gasteiger partial charge in [0.25, 0.3) is 0 Å². The molecule has 0 unspecified atom stereocenters. The van der Waals surface area contributed by atoms with Gasteiger partial charge in [0.1, 0.15) is 22.7 Å². The average molecular weight is 465 g/mol. The molecule has 4 rings (SSSR count). The van der Waals surface area contributed by atoms with Gasteiger partial charge in [-0.1, -0.05) is 0 Å². The second-order valence-corrected chi connectivity index (χ2v) is 10.5. The van der Waals surface area contributed by atoms with Gasteiger partial charge in [0, 0.05) is 31.0 Å². The molecule has 32 heavy (non-hydrogen) atoms. The number of allylic oxidation sites excluding steroid dienone is 1. The van der Waals surface area contributed by atoms with Crippen molar-refractivity contribution in [3.8, 4) is 0 Å². The maximum atomic E-state index is 13.1. The minimum atomic E-state index is -1.20. The summed E-state index contributed by atoms with van der Waals surface area (Å²) in [5, 5.41) is 9.31. The van der Waals surface area contributed by atoms with E-state index in [1.54, 1.807) is 15.9 Å². The van der Waals surface area contributed by atoms with Gasteiger partial charge in [0.05, 0.1) is 6.04 Å². The highest BCUT2D eigenvalue weighted by molar-refractivity contribution is 8.00. The van der Waals surface area contributed by atoms with E-state index in [1.807, 2.05) is 20.8 Å². The summed E-state index contributed by atoms with van der Waals surface area (Å²) < 4.78 is 5.42. The molecule has 0 aromatic rings. The van der Waals surface area contributed by atoms with Crippen LogP contribution in [0, 0.1) is 0 Å². The highest BCUT2D eigenvalue weighted by Gasteiger charge is 2.51. The van der Waals surface area contributed by atoms with Crippen molar-refractivity contribution in [3.05, 3.63) is 22.9 Å². The highest BCUT2D eigenvalue weighted by atomic mass is 32.2. The quantitative estimate of drug-likeness (QED) is 0.461. The summed E-state index contributed by atoms with van der Waals surface area (Å²) in [5.41, 5.74) is 6.09. The Kier molecular flexibility index (Phi) is 5.74. The van der Waals surface area contributed by atoms with Gasteiger partial charge in [-0.3, -0.25) is 14.5 Å². The molecular weight excluding hydrogens is 436 g/mol. The first-order valence-corrected chi connectivity index (χ1v) is 11.7. The summed E-state index contributed by atoms with van der Waals surface area (Å²) >= 11 is 1.40. The van der Waals surface area contributed by atoms with Crippen molar-refractivity contribution in [1.29, 1.82) is 0 Å². The molecule has 3 N–H and O–H groups in total. The van der Waals surface area contributed by atoms with E-state index in [4.69, 9.17) is 10.5 Å². The molecule has 0 aromatic carbocycles. The summed E-state index contributed by atoms with van der Waals surface area (Å²) in [6.07, 6.45) is 2.38. The van der Waals surface area contributed by atoms with Gasteiger partial charge in [-0.2, -0.15) is 0 Å². The van der Waals surface area contributed by atoms with Crippen molar-refractivity contribution in [2.75, 3.05) is 25.4 Å². The molecule has 4 heterocycles. The molecule has 0 spiro atoms. The normalized spacial score (nSPS) is 29.6. The van der Waals surface area contributed by atoms with E-state index >= 15 is 0 Å². The number of β-lactam (4-membered cyclic amide) rings is 1. The predicted octanol–water partition coefficient (Wildman–Crippen LogP) is 0.736. The summed E-state index contributed by atoms with van der Waals surface area (Å²) in [4.78, 5) is 54.0. The Hall–Kier alpha value is -2.53. The largest absolute Gasteiger partial charge is 0.477 e. The van der Waals surface area contributed by atoms with Crippen LogP contribution < -0.4 is 5.73 Å². The molecule has 0 bridgehead atoms. The molecule has 11 heteroatoms. The number of thioether (sulfide) groups is 1. The van der Waals surface area contributed by atoms with E-state index in [9.17, 15) is 24.3 Å². The number of hydrogen-bond acceptors (Lipinski definition) is 7. The molecular formula is C21H28N4O6S. The lowest BCUT2D eigenvalue weighted by atomic mass is 10.0. The van der Waals surface area contributed by atoms with Crippen molar-refractivity contribution in [1.82, 2.24) is 14.7 Å². The van der Waals surface area contributed by atoms with Crippen LogP contribution >= 0.6 is 11.8 Å². The van der Waals surface area contributed by atoms with E-state index in [0.29, 0.717) is 49.4 Å². The van der Waals surface area contributed by atoms with Crippen LogP contribution in [0.3, 0.4) is 0 Å². The number of carbonyl (C=O) groups excluding carboxylic acids is 3. The second-order valence-electron chi connectivity index (χ2n) is 9.40. The number of ether oxygens (including phenoxy) is 1. The zero-order valence-electron chi connectivity index (χ0n) is 18.4. The van der Waals surface area contributed by atoms with Crippen molar-refractivity contribution >= 4 is 35.6 Å². The number of nitrogens with two attached hydrogens (primary N) is 1. The Balaban J connectivity index is 1.47. The van der Waals surface area contributed by atoms with Crippen LogP contribution in [0.15, 0.2) is 22.9 Å². The molecule has 4 aliphatic rings. The second kappa shape index (κ2) is 8.11. The Labute approximate surface area is 190 Å². The van der Waals surface area contributed by atoms with Gasteiger partial charge in [0.2, 0.25) is 11.8 Å². The molecule has 0 radical (unpaired) electrons. The van der Waals surface area contributed by atoms with E-state index in [2.05, 4.69) is 0 Å². The predicted molar refractivity (Wildman–Crippen MR) is 116 cm³/mol. The smallest absolute Gasteiger partial charge is 0.410 e. The number of carboxylic acid groups (broad SMARTS) is 1. The molecule has 3 amide bonds. The zero-order valence-corrected chi connectivity index (χ0v) is 19.2. The third kappa shape index (κ3) is 3.99. The van der Waals surface area contributed by atoms with E-state index < -0.39 is 23.5 Å². The van der Waals surface area contributed by atoms with Crippen LogP contribution in [0.2, 0.25) is 0 Å². The summed E-state index contributed by atoms with van der Waals surface area (Å²) in [6, 6.07) is -0.795. The summed E-state index contributed by atoms with van der Waals surface area (Å²) in [5.74, 6) is -1.40. The number of nitrogens with zero attached hydrogens (tertiary/aromatic N) is 3. The van der Waals surface area contributed by atoms with Gasteiger partial charge in [0.15, 0.2) is 0 Å². The Bertz CT molecular complexity index is 939. The van der Waals surface area contributed by atoms with Gasteiger partial charge in [-0.25, -0.2) is 9.59 Å². The lowest BCUT2D eigenvalue weighted by molar-refractivity contribution is -0.147. The van der Waals surface area contributed by atoms with E-state index in [0.717, 1.165) is 0 Å². The lowest BCUT2D eigenvalue weighted by Gasteiger charge is -2.47. The Morgan fingerprint density at radius 1 is 1.25 bits per heavy atom. The van der Waals surface area contributed by atoms with Crippen molar-refractivity contribution < 1.29 is 29.0 Å². The molecule has 4 aliphatic heterocycles. The molecule has 174 valence electrons. The molecule has 3 atom stereocenters. The van der Waals surface area contributed by atoms with Gasteiger partial charge in [-0.15, -0.1) is 11.8 Å². The number of rotatable bonds is 3. The van der Waals surface area contributed by atoms with Crippen LogP contribution in [0.4, 0.5) is 4.79 Å². The van der Waals surface area contributed by atoms with Crippen LogP contribution in [0.25, 0.3) is 0 Å². The van der Waals surface area contributed by atoms with E-state index in [-0.39, 0.29) is 29.1 Å². The first-order chi connectivity index (χ1) is 15.0. The number of fused-ring (bicyclic) bond motifs is 1. The topological polar surface area (TPSA) is 133 Å². The molecule has 3 saturated heterocycles. The molecule has 3 fully saturated rings. The standard InChI is InChI=1S/C21H28N4O6S/c1-21(2,3)31-20(30)23-6-5-13(9-23)24-7-4-11(16(24)26)8-12-10-32-18-14(22)17(27)25(18)15(12)19(28)29/h8,13-14,18H,4-7,9-10,22H2,1-3H3,(H,28,29)/b11-8+/t13-,14-,18-/m1/s1. The summed E-state index contributed by atoms with van der Waals surface area (Å²) in [7, 11) is 0. The van der Waals surface area contributed by atoms with E-state index in [1.165, 1.54) is 16.7 Å². The zero-order chi connectivity index (χ0) is 23.4. The Morgan fingerprint density at radius 2 is 1.97 bits per heavy atom. The third-order valence-corrected chi connectivity index (χ3v) is 7.33. The van der Waals surface area contributed by atoms with Gasteiger partial charge in [-0.05, 0) is 45.3 Å².